The van der Waals surface area contributed by atoms with E-state index in [0.717, 1.165) is 0 Å². The Morgan fingerprint density at radius 2 is 0.909 bits per heavy atom. The number of unbranched alkanes of at least 4 members (excludes halogenated alkanes) is 18. The fraction of sp³-hybridized carbons (Fsp3) is 0.509. The first-order chi connectivity index (χ1) is 27.0. The van der Waals surface area contributed by atoms with Gasteiger partial charge in [0.15, 0.2) is 0 Å². The molecule has 2 aromatic heterocycles. The summed E-state index contributed by atoms with van der Waals surface area (Å²) in [4.78, 5) is 2.80. The lowest BCUT2D eigenvalue weighted by Gasteiger charge is -2.33. The van der Waals surface area contributed by atoms with Crippen LogP contribution in [-0.4, -0.2) is 0 Å². The van der Waals surface area contributed by atoms with Crippen LogP contribution in [0.5, 0.6) is 0 Å². The molecule has 0 unspecified atom stereocenters. The van der Waals surface area contributed by atoms with E-state index in [1.54, 1.807) is 11.1 Å². The van der Waals surface area contributed by atoms with E-state index in [2.05, 4.69) is 100 Å². The van der Waals surface area contributed by atoms with E-state index >= 15 is 0 Å². The van der Waals surface area contributed by atoms with Crippen LogP contribution >= 0.6 is 22.7 Å². The monoisotopic (exact) mass is 768 g/mol. The first kappa shape index (κ1) is 40.3. The van der Waals surface area contributed by atoms with E-state index in [9.17, 15) is 0 Å². The first-order valence-electron chi connectivity index (χ1n) is 22.6. The molecule has 1 aliphatic carbocycles. The zero-order valence-corrected chi connectivity index (χ0v) is 36.4. The second-order valence-electron chi connectivity index (χ2n) is 17.3. The van der Waals surface area contributed by atoms with Gasteiger partial charge in [-0.3, -0.25) is 0 Å². The highest BCUT2D eigenvalue weighted by molar-refractivity contribution is 7.23. The molecule has 6 aromatic rings. The molecule has 0 saturated heterocycles. The molecule has 0 spiro atoms. The molecular weight excluding hydrogens is 701 g/mol. The maximum Gasteiger partial charge on any atom is 0.0428 e. The quantitative estimate of drug-likeness (QED) is 0.0570. The summed E-state index contributed by atoms with van der Waals surface area (Å²) in [5.74, 6) is 0. The third kappa shape index (κ3) is 9.28. The summed E-state index contributed by atoms with van der Waals surface area (Å²) in [7, 11) is 0. The molecule has 0 saturated carbocycles. The van der Waals surface area contributed by atoms with Crippen LogP contribution in [0.25, 0.3) is 52.5 Å². The topological polar surface area (TPSA) is 0 Å². The number of fused-ring (bicyclic) bond motifs is 8. The largest absolute Gasteiger partial charge is 0.140 e. The molecule has 2 heteroatoms. The third-order valence-corrected chi connectivity index (χ3v) is 15.3. The van der Waals surface area contributed by atoms with Crippen LogP contribution in [0, 0.1) is 13.8 Å². The van der Waals surface area contributed by atoms with Crippen LogP contribution in [0.3, 0.4) is 0 Å². The van der Waals surface area contributed by atoms with Crippen molar-refractivity contribution in [2.75, 3.05) is 0 Å². The molecule has 0 radical (unpaired) electrons. The molecular formula is C53H68S2. The molecule has 2 heterocycles. The van der Waals surface area contributed by atoms with Gasteiger partial charge in [-0.15, -0.1) is 22.7 Å². The van der Waals surface area contributed by atoms with Gasteiger partial charge < -0.3 is 0 Å². The van der Waals surface area contributed by atoms with Crippen LogP contribution in [0.1, 0.15) is 177 Å². The first-order valence-corrected chi connectivity index (χ1v) is 24.3. The van der Waals surface area contributed by atoms with Crippen molar-refractivity contribution < 1.29 is 0 Å². The summed E-state index contributed by atoms with van der Waals surface area (Å²) in [6, 6.07) is 29.3. The SMILES string of the molecule is CCCCCCCCCCCCC1(CCCCCCCCCCCC)c2cc(C)ccc2-c2ccc(-c3cc4ccc5c(ccc6cc(C)sc65)c4s3)cc21. The minimum Gasteiger partial charge on any atom is -0.140 e. The lowest BCUT2D eigenvalue weighted by Crippen LogP contribution is -2.25. The van der Waals surface area contributed by atoms with Gasteiger partial charge in [-0.1, -0.05) is 202 Å². The molecule has 55 heavy (non-hydrogen) atoms. The van der Waals surface area contributed by atoms with Crippen molar-refractivity contribution in [2.24, 2.45) is 0 Å². The Balaban J connectivity index is 1.15. The predicted molar refractivity (Wildman–Crippen MR) is 249 cm³/mol. The highest BCUT2D eigenvalue weighted by Gasteiger charge is 2.42. The van der Waals surface area contributed by atoms with Crippen LogP contribution in [-0.2, 0) is 5.41 Å². The van der Waals surface area contributed by atoms with Gasteiger partial charge in [0.2, 0.25) is 0 Å². The van der Waals surface area contributed by atoms with Crippen LogP contribution in [0.15, 0.2) is 72.8 Å². The Hall–Kier alpha value is -2.94. The molecule has 292 valence electrons. The van der Waals surface area contributed by atoms with Crippen molar-refractivity contribution in [2.45, 2.75) is 174 Å². The fourth-order valence-electron chi connectivity index (χ4n) is 9.93. The van der Waals surface area contributed by atoms with Crippen molar-refractivity contribution >= 4 is 53.6 Å². The normalized spacial score (nSPS) is 13.4. The van der Waals surface area contributed by atoms with Gasteiger partial charge in [-0.2, -0.15) is 0 Å². The van der Waals surface area contributed by atoms with Crippen LogP contribution in [0.4, 0.5) is 0 Å². The summed E-state index contributed by atoms with van der Waals surface area (Å²) in [6.07, 6.45) is 30.5. The predicted octanol–water partition coefficient (Wildman–Crippen LogP) is 18.4. The number of hydrogen-bond donors (Lipinski definition) is 0. The minimum atomic E-state index is 0.110. The molecule has 0 fully saturated rings. The van der Waals surface area contributed by atoms with Crippen molar-refractivity contribution in [3.63, 3.8) is 0 Å². The average Bonchev–Trinajstić information content (AvgIpc) is 3.88. The fourth-order valence-corrected chi connectivity index (χ4v) is 12.2. The standard InChI is InChI=1S/C53H68S2/c1-5-7-9-11-13-15-17-19-21-23-33-53(34-24-22-20-18-16-14-12-10-8-6-2)48-35-39(3)25-29-44(48)45-30-26-41(37-49(45)53)50-38-43-28-32-46-47(52(43)55-50)31-27-42-36-40(4)54-51(42)46/h25-32,35-38H,5-24,33-34H2,1-4H3. The van der Waals surface area contributed by atoms with E-state index in [-0.39, 0.29) is 5.41 Å². The second-order valence-corrected chi connectivity index (χ2v) is 19.6. The molecule has 0 bridgehead atoms. The number of benzene rings is 4. The third-order valence-electron chi connectivity index (χ3n) is 13.0. The number of aryl methyl sites for hydroxylation is 2. The smallest absolute Gasteiger partial charge is 0.0428 e. The summed E-state index contributed by atoms with van der Waals surface area (Å²) in [6.45, 7) is 9.19. The van der Waals surface area contributed by atoms with Crippen molar-refractivity contribution in [3.05, 3.63) is 94.4 Å². The Labute approximate surface area is 342 Å². The zero-order valence-electron chi connectivity index (χ0n) is 34.8. The number of rotatable bonds is 23. The van der Waals surface area contributed by atoms with Gasteiger partial charge >= 0.3 is 0 Å². The van der Waals surface area contributed by atoms with Gasteiger partial charge in [-0.25, -0.2) is 0 Å². The molecule has 0 atom stereocenters. The van der Waals surface area contributed by atoms with E-state index < -0.39 is 0 Å². The Kier molecular flexibility index (Phi) is 14.3. The van der Waals surface area contributed by atoms with E-state index in [1.807, 2.05) is 22.7 Å². The van der Waals surface area contributed by atoms with Gasteiger partial charge in [0.25, 0.3) is 0 Å². The number of thiophene rings is 2. The molecule has 7 rings (SSSR count). The van der Waals surface area contributed by atoms with Gasteiger partial charge in [0, 0.05) is 35.3 Å². The average molecular weight is 769 g/mol. The minimum absolute atomic E-state index is 0.110. The lowest BCUT2D eigenvalue weighted by atomic mass is 9.70. The highest BCUT2D eigenvalue weighted by Crippen LogP contribution is 2.55. The van der Waals surface area contributed by atoms with Crippen molar-refractivity contribution in [1.29, 1.82) is 0 Å². The van der Waals surface area contributed by atoms with Gasteiger partial charge in [0.05, 0.1) is 0 Å². The van der Waals surface area contributed by atoms with E-state index in [4.69, 9.17) is 0 Å². The number of hydrogen-bond acceptors (Lipinski definition) is 2. The molecule has 4 aromatic carbocycles. The van der Waals surface area contributed by atoms with Crippen molar-refractivity contribution in [1.82, 2.24) is 0 Å². The summed E-state index contributed by atoms with van der Waals surface area (Å²) in [5.41, 5.74) is 9.18. The van der Waals surface area contributed by atoms with Gasteiger partial charge in [-0.05, 0) is 83.5 Å². The maximum absolute atomic E-state index is 2.66. The van der Waals surface area contributed by atoms with E-state index in [1.165, 1.54) is 204 Å². The van der Waals surface area contributed by atoms with Gasteiger partial charge in [0.1, 0.15) is 0 Å². The highest BCUT2D eigenvalue weighted by atomic mass is 32.1. The van der Waals surface area contributed by atoms with E-state index in [0.29, 0.717) is 0 Å². The molecule has 0 N–H and O–H groups in total. The lowest BCUT2D eigenvalue weighted by molar-refractivity contribution is 0.397. The Morgan fingerprint density at radius 1 is 0.436 bits per heavy atom. The Morgan fingerprint density at radius 3 is 1.47 bits per heavy atom. The second kappa shape index (κ2) is 19.5. The van der Waals surface area contributed by atoms with Crippen molar-refractivity contribution in [3.8, 4) is 21.6 Å². The summed E-state index contributed by atoms with van der Waals surface area (Å²) in [5, 5.41) is 5.56. The summed E-state index contributed by atoms with van der Waals surface area (Å²) >= 11 is 3.94. The van der Waals surface area contributed by atoms with Crippen LogP contribution < -0.4 is 0 Å². The summed E-state index contributed by atoms with van der Waals surface area (Å²) < 4.78 is 2.86. The molecule has 0 nitrogen and oxygen atoms in total. The zero-order chi connectivity index (χ0) is 38.0. The molecule has 0 amide bonds. The maximum atomic E-state index is 2.66. The molecule has 1 aliphatic rings. The Bertz CT molecular complexity index is 2120. The van der Waals surface area contributed by atoms with Crippen LogP contribution in [0.2, 0.25) is 0 Å². The molecule has 0 aliphatic heterocycles.